The molecule has 0 spiro atoms. The lowest BCUT2D eigenvalue weighted by molar-refractivity contribution is -0.123. The number of rotatable bonds is 6. The number of amides is 3. The van der Waals surface area contributed by atoms with Crippen molar-refractivity contribution in [2.75, 3.05) is 26.2 Å². The van der Waals surface area contributed by atoms with Crippen molar-refractivity contribution in [3.05, 3.63) is 111 Å². The molecule has 0 aliphatic carbocycles. The van der Waals surface area contributed by atoms with Crippen molar-refractivity contribution in [2.45, 2.75) is 13.1 Å². The summed E-state index contributed by atoms with van der Waals surface area (Å²) in [6, 6.07) is 24.5. The second-order valence-electron chi connectivity index (χ2n) is 9.07. The fourth-order valence-corrected chi connectivity index (χ4v) is 5.38. The van der Waals surface area contributed by atoms with E-state index in [-0.39, 0.29) is 23.6 Å². The van der Waals surface area contributed by atoms with Crippen molar-refractivity contribution < 1.29 is 14.4 Å². The highest BCUT2D eigenvalue weighted by atomic mass is 35.5. The average Bonchev–Trinajstić information content (AvgIpc) is 3.18. The molecule has 3 amide bonds. The minimum absolute atomic E-state index is 0.000813. The van der Waals surface area contributed by atoms with Gasteiger partial charge in [-0.2, -0.15) is 0 Å². The molecule has 0 saturated carbocycles. The maximum atomic E-state index is 13.0. The molecule has 0 unspecified atom stereocenters. The van der Waals surface area contributed by atoms with E-state index in [0.717, 1.165) is 47.5 Å². The zero-order chi connectivity index (χ0) is 25.8. The second-order valence-corrected chi connectivity index (χ2v) is 10.5. The van der Waals surface area contributed by atoms with Crippen LogP contribution in [0.4, 0.5) is 4.79 Å². The van der Waals surface area contributed by atoms with Gasteiger partial charge in [-0.3, -0.25) is 24.2 Å². The third-order valence-electron chi connectivity index (χ3n) is 6.49. The van der Waals surface area contributed by atoms with E-state index in [1.54, 1.807) is 18.2 Å². The van der Waals surface area contributed by atoms with Crippen LogP contribution in [-0.4, -0.2) is 57.9 Å². The summed E-state index contributed by atoms with van der Waals surface area (Å²) in [6.07, 6.45) is 1.71. The molecule has 0 atom stereocenters. The number of halogens is 1. The van der Waals surface area contributed by atoms with Crippen molar-refractivity contribution in [1.29, 1.82) is 0 Å². The standard InChI is InChI=1S/C29H26ClN3O3S/c30-25-12-8-23(9-13-25)19-31-14-16-32(17-15-31)27(34)24-10-6-21(7-11-24)18-26-28(35)33(29(36)37-26)20-22-4-2-1-3-5-22/h1-13,18H,14-17,19-20H2. The molecule has 37 heavy (non-hydrogen) atoms. The van der Waals surface area contributed by atoms with Gasteiger partial charge in [-0.15, -0.1) is 0 Å². The average molecular weight is 532 g/mol. The summed E-state index contributed by atoms with van der Waals surface area (Å²) in [6.45, 7) is 4.05. The van der Waals surface area contributed by atoms with Crippen molar-refractivity contribution in [3.8, 4) is 0 Å². The van der Waals surface area contributed by atoms with Crippen LogP contribution < -0.4 is 0 Å². The summed E-state index contributed by atoms with van der Waals surface area (Å²) in [5, 5.41) is 0.454. The Bertz CT molecular complexity index is 1320. The monoisotopic (exact) mass is 531 g/mol. The van der Waals surface area contributed by atoms with Gasteiger partial charge in [0.25, 0.3) is 17.1 Å². The van der Waals surface area contributed by atoms with Crippen LogP contribution in [0.3, 0.4) is 0 Å². The molecule has 2 fully saturated rings. The Labute approximate surface area is 225 Å². The number of hydrogen-bond donors (Lipinski definition) is 0. The van der Waals surface area contributed by atoms with Gasteiger partial charge in [-0.25, -0.2) is 0 Å². The highest BCUT2D eigenvalue weighted by Crippen LogP contribution is 2.33. The van der Waals surface area contributed by atoms with Crippen molar-refractivity contribution in [3.63, 3.8) is 0 Å². The van der Waals surface area contributed by atoms with Crippen LogP contribution in [0, 0.1) is 0 Å². The number of carbonyl (C=O) groups is 3. The van der Waals surface area contributed by atoms with Crippen LogP contribution in [0.5, 0.6) is 0 Å². The third kappa shape index (κ3) is 6.13. The van der Waals surface area contributed by atoms with Crippen LogP contribution in [0.1, 0.15) is 27.0 Å². The van der Waals surface area contributed by atoms with E-state index >= 15 is 0 Å². The van der Waals surface area contributed by atoms with Gasteiger partial charge in [0, 0.05) is 43.3 Å². The normalized spacial score (nSPS) is 17.6. The Balaban J connectivity index is 1.17. The van der Waals surface area contributed by atoms with Gasteiger partial charge in [0.2, 0.25) is 0 Å². The Morgan fingerprint density at radius 3 is 2.14 bits per heavy atom. The molecule has 5 rings (SSSR count). The number of nitrogens with zero attached hydrogens (tertiary/aromatic N) is 3. The zero-order valence-corrected chi connectivity index (χ0v) is 21.8. The number of thioether (sulfide) groups is 1. The Morgan fingerprint density at radius 1 is 0.811 bits per heavy atom. The quantitative estimate of drug-likeness (QED) is 0.391. The van der Waals surface area contributed by atoms with Gasteiger partial charge >= 0.3 is 0 Å². The fraction of sp³-hybridized carbons (Fsp3) is 0.207. The Hall–Kier alpha value is -3.39. The first kappa shape index (κ1) is 25.3. The van der Waals surface area contributed by atoms with Gasteiger partial charge in [0.1, 0.15) is 0 Å². The predicted molar refractivity (Wildman–Crippen MR) is 147 cm³/mol. The number of carbonyl (C=O) groups excluding carboxylic acids is 3. The molecule has 2 aliphatic heterocycles. The largest absolute Gasteiger partial charge is 0.336 e. The fourth-order valence-electron chi connectivity index (χ4n) is 4.42. The lowest BCUT2D eigenvalue weighted by Gasteiger charge is -2.34. The van der Waals surface area contributed by atoms with E-state index < -0.39 is 0 Å². The van der Waals surface area contributed by atoms with Gasteiger partial charge in [0.05, 0.1) is 11.4 Å². The van der Waals surface area contributed by atoms with Crippen molar-refractivity contribution >= 4 is 46.5 Å². The molecule has 6 nitrogen and oxygen atoms in total. The minimum Gasteiger partial charge on any atom is -0.336 e. The van der Waals surface area contributed by atoms with E-state index in [1.807, 2.05) is 71.6 Å². The van der Waals surface area contributed by atoms with E-state index in [1.165, 1.54) is 10.5 Å². The molecule has 8 heteroatoms. The van der Waals surface area contributed by atoms with E-state index in [9.17, 15) is 14.4 Å². The molecular weight excluding hydrogens is 506 g/mol. The maximum absolute atomic E-state index is 13.0. The molecule has 2 heterocycles. The minimum atomic E-state index is -0.296. The molecular formula is C29H26ClN3O3S. The molecule has 3 aromatic rings. The molecule has 0 N–H and O–H groups in total. The van der Waals surface area contributed by atoms with E-state index in [0.29, 0.717) is 23.6 Å². The predicted octanol–water partition coefficient (Wildman–Crippen LogP) is 5.53. The number of imide groups is 1. The summed E-state index contributed by atoms with van der Waals surface area (Å²) < 4.78 is 0. The summed E-state index contributed by atoms with van der Waals surface area (Å²) in [5.41, 5.74) is 3.49. The SMILES string of the molecule is O=C(c1ccc(C=C2SC(=O)N(Cc3ccccc3)C2=O)cc1)N1CCN(Cc2ccc(Cl)cc2)CC1. The molecule has 2 saturated heterocycles. The first-order chi connectivity index (χ1) is 18.0. The summed E-state index contributed by atoms with van der Waals surface area (Å²) in [7, 11) is 0. The molecule has 3 aromatic carbocycles. The first-order valence-corrected chi connectivity index (χ1v) is 13.3. The summed E-state index contributed by atoms with van der Waals surface area (Å²) in [4.78, 5) is 44.1. The molecule has 0 aromatic heterocycles. The third-order valence-corrected chi connectivity index (χ3v) is 7.65. The van der Waals surface area contributed by atoms with E-state index in [4.69, 9.17) is 11.6 Å². The molecule has 0 radical (unpaired) electrons. The smallest absolute Gasteiger partial charge is 0.293 e. The second kappa shape index (κ2) is 11.3. The van der Waals surface area contributed by atoms with Crippen LogP contribution in [0.15, 0.2) is 83.8 Å². The maximum Gasteiger partial charge on any atom is 0.293 e. The van der Waals surface area contributed by atoms with Crippen LogP contribution in [0.25, 0.3) is 6.08 Å². The van der Waals surface area contributed by atoms with Crippen LogP contribution in [0.2, 0.25) is 5.02 Å². The Kier molecular flexibility index (Phi) is 7.74. The molecule has 2 aliphatic rings. The molecule has 188 valence electrons. The highest BCUT2D eigenvalue weighted by molar-refractivity contribution is 8.18. The number of hydrogen-bond acceptors (Lipinski definition) is 5. The van der Waals surface area contributed by atoms with Gasteiger partial charge in [-0.05, 0) is 58.8 Å². The first-order valence-electron chi connectivity index (χ1n) is 12.1. The topological polar surface area (TPSA) is 60.9 Å². The highest BCUT2D eigenvalue weighted by Gasteiger charge is 2.35. The van der Waals surface area contributed by atoms with Crippen molar-refractivity contribution in [2.24, 2.45) is 0 Å². The number of benzene rings is 3. The van der Waals surface area contributed by atoms with Gasteiger partial charge < -0.3 is 4.90 Å². The Morgan fingerprint density at radius 2 is 1.46 bits per heavy atom. The lowest BCUT2D eigenvalue weighted by Crippen LogP contribution is -2.48. The zero-order valence-electron chi connectivity index (χ0n) is 20.2. The van der Waals surface area contributed by atoms with Gasteiger partial charge in [0.15, 0.2) is 0 Å². The van der Waals surface area contributed by atoms with Crippen molar-refractivity contribution in [1.82, 2.24) is 14.7 Å². The molecule has 0 bridgehead atoms. The number of piperazine rings is 1. The van der Waals surface area contributed by atoms with Crippen LogP contribution >= 0.6 is 23.4 Å². The van der Waals surface area contributed by atoms with E-state index in [2.05, 4.69) is 4.90 Å². The van der Waals surface area contributed by atoms with Gasteiger partial charge in [-0.1, -0.05) is 66.2 Å². The summed E-state index contributed by atoms with van der Waals surface area (Å²) in [5.74, 6) is -0.295. The summed E-state index contributed by atoms with van der Waals surface area (Å²) >= 11 is 6.91. The lowest BCUT2D eigenvalue weighted by atomic mass is 10.1. The van der Waals surface area contributed by atoms with Crippen LogP contribution in [-0.2, 0) is 17.9 Å².